The van der Waals surface area contributed by atoms with Gasteiger partial charge in [-0.1, -0.05) is 29.8 Å². The normalized spacial score (nSPS) is 11.6. The topological polar surface area (TPSA) is 75.6 Å². The fourth-order valence-corrected chi connectivity index (χ4v) is 2.37. The van der Waals surface area contributed by atoms with Crippen LogP contribution in [0.5, 0.6) is 5.75 Å². The number of rotatable bonds is 7. The van der Waals surface area contributed by atoms with Crippen LogP contribution in [0.4, 0.5) is 5.69 Å². The van der Waals surface area contributed by atoms with Crippen LogP contribution in [0, 0.1) is 12.8 Å². The number of aryl methyl sites for hydroxylation is 1. The highest BCUT2D eigenvalue weighted by Crippen LogP contribution is 2.18. The van der Waals surface area contributed by atoms with Crippen molar-refractivity contribution in [1.82, 2.24) is 0 Å². The Hall–Kier alpha value is -2.82. The minimum atomic E-state index is -0.972. The van der Waals surface area contributed by atoms with E-state index in [2.05, 4.69) is 5.32 Å². The third kappa shape index (κ3) is 5.12. The SMILES string of the molecule is COc1ccc(NC(=O)CC(Cc2ccc(C)cc2)C(=O)O)cc1. The van der Waals surface area contributed by atoms with Crippen molar-refractivity contribution < 1.29 is 19.4 Å². The molecule has 1 atom stereocenters. The van der Waals surface area contributed by atoms with Gasteiger partial charge >= 0.3 is 5.97 Å². The molecule has 5 heteroatoms. The highest BCUT2D eigenvalue weighted by Gasteiger charge is 2.21. The lowest BCUT2D eigenvalue weighted by Crippen LogP contribution is -2.24. The Morgan fingerprint density at radius 2 is 1.71 bits per heavy atom. The van der Waals surface area contributed by atoms with Crippen molar-refractivity contribution in [3.8, 4) is 5.75 Å². The van der Waals surface area contributed by atoms with Gasteiger partial charge in [-0.3, -0.25) is 9.59 Å². The van der Waals surface area contributed by atoms with Crippen LogP contribution in [0.3, 0.4) is 0 Å². The van der Waals surface area contributed by atoms with Crippen LogP contribution in [0.25, 0.3) is 0 Å². The number of carbonyl (C=O) groups excluding carboxylic acids is 1. The summed E-state index contributed by atoms with van der Waals surface area (Å²) in [5.41, 5.74) is 2.63. The number of anilines is 1. The molecule has 1 amide bonds. The molecule has 0 heterocycles. The summed E-state index contributed by atoms with van der Waals surface area (Å²) in [7, 11) is 1.57. The van der Waals surface area contributed by atoms with Crippen LogP contribution in [0.15, 0.2) is 48.5 Å². The summed E-state index contributed by atoms with van der Waals surface area (Å²) in [5, 5.41) is 12.1. The summed E-state index contributed by atoms with van der Waals surface area (Å²) in [6.07, 6.45) is 0.251. The van der Waals surface area contributed by atoms with E-state index in [1.807, 2.05) is 31.2 Å². The van der Waals surface area contributed by atoms with E-state index in [0.29, 0.717) is 17.9 Å². The van der Waals surface area contributed by atoms with Crippen LogP contribution in [0.1, 0.15) is 17.5 Å². The first-order valence-corrected chi connectivity index (χ1v) is 7.70. The molecular formula is C19H21NO4. The molecule has 2 rings (SSSR count). The van der Waals surface area contributed by atoms with Gasteiger partial charge in [0.05, 0.1) is 13.0 Å². The molecular weight excluding hydrogens is 306 g/mol. The van der Waals surface area contributed by atoms with E-state index in [-0.39, 0.29) is 12.3 Å². The van der Waals surface area contributed by atoms with E-state index >= 15 is 0 Å². The minimum absolute atomic E-state index is 0.0742. The first-order valence-electron chi connectivity index (χ1n) is 7.70. The second kappa shape index (κ2) is 8.15. The lowest BCUT2D eigenvalue weighted by atomic mass is 9.95. The monoisotopic (exact) mass is 327 g/mol. The minimum Gasteiger partial charge on any atom is -0.497 e. The quantitative estimate of drug-likeness (QED) is 0.818. The van der Waals surface area contributed by atoms with Crippen LogP contribution in [-0.2, 0) is 16.0 Å². The largest absolute Gasteiger partial charge is 0.497 e. The molecule has 0 bridgehead atoms. The average Bonchev–Trinajstić information content (AvgIpc) is 2.56. The summed E-state index contributed by atoms with van der Waals surface area (Å²) >= 11 is 0. The lowest BCUT2D eigenvalue weighted by Gasteiger charge is -2.13. The molecule has 0 aromatic heterocycles. The molecule has 0 saturated heterocycles. The molecule has 0 aliphatic carbocycles. The second-order valence-corrected chi connectivity index (χ2v) is 5.71. The number of methoxy groups -OCH3 is 1. The molecule has 24 heavy (non-hydrogen) atoms. The number of hydrogen-bond donors (Lipinski definition) is 2. The number of hydrogen-bond acceptors (Lipinski definition) is 3. The van der Waals surface area contributed by atoms with Crippen molar-refractivity contribution in [3.63, 3.8) is 0 Å². The highest BCUT2D eigenvalue weighted by atomic mass is 16.5. The Morgan fingerprint density at radius 1 is 1.08 bits per heavy atom. The summed E-state index contributed by atoms with van der Waals surface area (Å²) in [6, 6.07) is 14.6. The fraction of sp³-hybridized carbons (Fsp3) is 0.263. The van der Waals surface area contributed by atoms with Crippen LogP contribution in [0.2, 0.25) is 0 Å². The number of ether oxygens (including phenoxy) is 1. The molecule has 2 aromatic rings. The van der Waals surface area contributed by atoms with Gasteiger partial charge in [0.2, 0.25) is 5.91 Å². The van der Waals surface area contributed by atoms with Crippen molar-refractivity contribution in [2.75, 3.05) is 12.4 Å². The molecule has 0 aliphatic rings. The van der Waals surface area contributed by atoms with Gasteiger partial charge in [-0.05, 0) is 43.2 Å². The maximum Gasteiger partial charge on any atom is 0.307 e. The average molecular weight is 327 g/mol. The van der Waals surface area contributed by atoms with E-state index in [1.165, 1.54) is 0 Å². The van der Waals surface area contributed by atoms with E-state index in [1.54, 1.807) is 31.4 Å². The molecule has 2 aromatic carbocycles. The number of amides is 1. The smallest absolute Gasteiger partial charge is 0.307 e. The molecule has 0 saturated carbocycles. The van der Waals surface area contributed by atoms with Gasteiger partial charge in [-0.25, -0.2) is 0 Å². The van der Waals surface area contributed by atoms with Crippen LogP contribution >= 0.6 is 0 Å². The van der Waals surface area contributed by atoms with E-state index in [0.717, 1.165) is 11.1 Å². The Bertz CT molecular complexity index is 692. The molecule has 0 aliphatic heterocycles. The number of aliphatic carboxylic acids is 1. The van der Waals surface area contributed by atoms with Crippen molar-refractivity contribution in [1.29, 1.82) is 0 Å². The molecule has 1 unspecified atom stereocenters. The van der Waals surface area contributed by atoms with Gasteiger partial charge in [-0.2, -0.15) is 0 Å². The molecule has 2 N–H and O–H groups in total. The number of carboxylic acids is 1. The third-order valence-electron chi connectivity index (χ3n) is 3.76. The van der Waals surface area contributed by atoms with Crippen molar-refractivity contribution in [3.05, 3.63) is 59.7 Å². The first kappa shape index (κ1) is 17.5. The van der Waals surface area contributed by atoms with Crippen molar-refractivity contribution >= 4 is 17.6 Å². The number of carbonyl (C=O) groups is 2. The molecule has 0 fully saturated rings. The van der Waals surface area contributed by atoms with Gasteiger partial charge in [-0.15, -0.1) is 0 Å². The van der Waals surface area contributed by atoms with E-state index in [9.17, 15) is 14.7 Å². The summed E-state index contributed by atoms with van der Waals surface area (Å²) < 4.78 is 5.05. The number of benzene rings is 2. The fourth-order valence-electron chi connectivity index (χ4n) is 2.37. The van der Waals surface area contributed by atoms with Crippen molar-refractivity contribution in [2.45, 2.75) is 19.8 Å². The van der Waals surface area contributed by atoms with Gasteiger partial charge < -0.3 is 15.2 Å². The zero-order valence-electron chi connectivity index (χ0n) is 13.8. The Kier molecular flexibility index (Phi) is 5.95. The second-order valence-electron chi connectivity index (χ2n) is 5.71. The molecule has 5 nitrogen and oxygen atoms in total. The summed E-state index contributed by atoms with van der Waals surface area (Å²) in [5.74, 6) is -1.36. The Morgan fingerprint density at radius 3 is 2.25 bits per heavy atom. The summed E-state index contributed by atoms with van der Waals surface area (Å²) in [6.45, 7) is 1.97. The van der Waals surface area contributed by atoms with Gasteiger partial charge in [0.1, 0.15) is 5.75 Å². The van der Waals surface area contributed by atoms with E-state index in [4.69, 9.17) is 4.74 Å². The third-order valence-corrected chi connectivity index (χ3v) is 3.76. The predicted octanol–water partition coefficient (Wildman–Crippen LogP) is 3.28. The lowest BCUT2D eigenvalue weighted by molar-refractivity contribution is -0.143. The Balaban J connectivity index is 1.97. The maximum absolute atomic E-state index is 12.1. The standard InChI is InChI=1S/C19H21NO4/c1-13-3-5-14(6-4-13)11-15(19(22)23)12-18(21)20-16-7-9-17(24-2)10-8-16/h3-10,15H,11-12H2,1-2H3,(H,20,21)(H,22,23). The highest BCUT2D eigenvalue weighted by molar-refractivity contribution is 5.93. The van der Waals surface area contributed by atoms with Gasteiger partial charge in [0, 0.05) is 12.1 Å². The maximum atomic E-state index is 12.1. The molecule has 126 valence electrons. The number of nitrogens with one attached hydrogen (secondary N) is 1. The van der Waals surface area contributed by atoms with E-state index < -0.39 is 11.9 Å². The van der Waals surface area contributed by atoms with Gasteiger partial charge in [0.15, 0.2) is 0 Å². The molecule has 0 spiro atoms. The van der Waals surface area contributed by atoms with Crippen LogP contribution in [-0.4, -0.2) is 24.1 Å². The van der Waals surface area contributed by atoms with Crippen LogP contribution < -0.4 is 10.1 Å². The zero-order chi connectivity index (χ0) is 17.5. The molecule has 0 radical (unpaired) electrons. The van der Waals surface area contributed by atoms with Gasteiger partial charge in [0.25, 0.3) is 0 Å². The Labute approximate surface area is 141 Å². The first-order chi connectivity index (χ1) is 11.5. The zero-order valence-corrected chi connectivity index (χ0v) is 13.8. The number of carboxylic acid groups (broad SMARTS) is 1. The predicted molar refractivity (Wildman–Crippen MR) is 92.2 cm³/mol. The van der Waals surface area contributed by atoms with Crippen molar-refractivity contribution in [2.24, 2.45) is 5.92 Å². The summed E-state index contributed by atoms with van der Waals surface area (Å²) in [4.78, 5) is 23.6.